The Balaban J connectivity index is 1.24. The van der Waals surface area contributed by atoms with Gasteiger partial charge in [-0.25, -0.2) is 0 Å². The molecule has 0 bridgehead atoms. The molecule has 2 N–H and O–H groups in total. The number of amides is 2. The third kappa shape index (κ3) is 8.58. The maximum absolute atomic E-state index is 12.4. The molecular formula is C32H30Br2N2O5. The summed E-state index contributed by atoms with van der Waals surface area (Å²) in [4.78, 5) is 24.8. The Bertz CT molecular complexity index is 1390. The molecule has 0 aromatic heterocycles. The van der Waals surface area contributed by atoms with Crippen LogP contribution in [-0.2, 0) is 9.59 Å². The Hall–Kier alpha value is -3.82. The lowest BCUT2D eigenvalue weighted by molar-refractivity contribution is -0.118. The highest BCUT2D eigenvalue weighted by Gasteiger charge is 2.11. The maximum atomic E-state index is 12.4. The summed E-state index contributed by atoms with van der Waals surface area (Å²) in [6, 6.07) is 21.9. The van der Waals surface area contributed by atoms with Gasteiger partial charge in [-0.15, -0.1) is 0 Å². The SMILES string of the molecule is Cc1cc(Br)cc(C)c1OCC(=O)Nc1ccc(Oc2ccc(NC(=O)COc3c(C)cc(Br)cc3C)cc2)cc1. The highest BCUT2D eigenvalue weighted by molar-refractivity contribution is 9.10. The maximum Gasteiger partial charge on any atom is 0.262 e. The lowest BCUT2D eigenvalue weighted by Gasteiger charge is -2.13. The van der Waals surface area contributed by atoms with Crippen LogP contribution >= 0.6 is 31.9 Å². The Morgan fingerprint density at radius 1 is 0.585 bits per heavy atom. The molecule has 0 unspecified atom stereocenters. The zero-order valence-corrected chi connectivity index (χ0v) is 26.3. The van der Waals surface area contributed by atoms with E-state index in [1.54, 1.807) is 48.5 Å². The number of hydrogen-bond donors (Lipinski definition) is 2. The summed E-state index contributed by atoms with van der Waals surface area (Å²) < 4.78 is 19.3. The fourth-order valence-electron chi connectivity index (χ4n) is 4.27. The highest BCUT2D eigenvalue weighted by atomic mass is 79.9. The van der Waals surface area contributed by atoms with Crippen molar-refractivity contribution >= 4 is 55.0 Å². The van der Waals surface area contributed by atoms with E-state index in [4.69, 9.17) is 14.2 Å². The summed E-state index contributed by atoms with van der Waals surface area (Å²) in [5.41, 5.74) is 5.08. The van der Waals surface area contributed by atoms with E-state index < -0.39 is 0 Å². The van der Waals surface area contributed by atoms with Crippen LogP contribution < -0.4 is 24.8 Å². The number of rotatable bonds is 10. The first kappa shape index (κ1) is 30.1. The van der Waals surface area contributed by atoms with E-state index in [0.29, 0.717) is 34.4 Å². The predicted octanol–water partition coefficient (Wildman–Crippen LogP) is 8.27. The molecule has 0 aliphatic heterocycles. The predicted molar refractivity (Wildman–Crippen MR) is 168 cm³/mol. The molecule has 0 heterocycles. The monoisotopic (exact) mass is 680 g/mol. The third-order valence-corrected chi connectivity index (χ3v) is 6.97. The van der Waals surface area contributed by atoms with Crippen LogP contribution in [0.2, 0.25) is 0 Å². The Morgan fingerprint density at radius 3 is 1.22 bits per heavy atom. The van der Waals surface area contributed by atoms with Crippen molar-refractivity contribution in [2.45, 2.75) is 27.7 Å². The Kier molecular flexibility index (Phi) is 10.1. The van der Waals surface area contributed by atoms with Crippen LogP contribution in [0.1, 0.15) is 22.3 Å². The van der Waals surface area contributed by atoms with Gasteiger partial charge in [-0.05, 0) is 123 Å². The van der Waals surface area contributed by atoms with Crippen LogP contribution in [0.15, 0.2) is 81.7 Å². The number of halogens is 2. The second-order valence-electron chi connectivity index (χ2n) is 9.56. The van der Waals surface area contributed by atoms with Crippen LogP contribution in [0.25, 0.3) is 0 Å². The molecule has 4 aromatic rings. The second kappa shape index (κ2) is 13.7. The second-order valence-corrected chi connectivity index (χ2v) is 11.4. The molecule has 4 aromatic carbocycles. The largest absolute Gasteiger partial charge is 0.483 e. The van der Waals surface area contributed by atoms with Gasteiger partial charge in [0.05, 0.1) is 0 Å². The standard InChI is InChI=1S/C32H30Br2N2O5/c1-19-13-23(33)14-20(2)31(19)39-17-29(37)35-25-5-9-27(10-6-25)41-28-11-7-26(8-12-28)36-30(38)18-40-32-21(3)15-24(34)16-22(32)4/h5-16H,17-18H2,1-4H3,(H,35,37)(H,36,38). The summed E-state index contributed by atoms with van der Waals surface area (Å²) >= 11 is 6.92. The zero-order chi connectivity index (χ0) is 29.5. The molecular weight excluding hydrogens is 652 g/mol. The molecule has 7 nitrogen and oxygen atoms in total. The highest BCUT2D eigenvalue weighted by Crippen LogP contribution is 2.29. The minimum atomic E-state index is -0.259. The first-order chi connectivity index (χ1) is 19.6. The molecule has 2 amide bonds. The van der Waals surface area contributed by atoms with Gasteiger partial charge in [-0.3, -0.25) is 9.59 Å². The van der Waals surface area contributed by atoms with Gasteiger partial charge in [0.2, 0.25) is 0 Å². The van der Waals surface area contributed by atoms with E-state index in [1.807, 2.05) is 52.0 Å². The van der Waals surface area contributed by atoms with Crippen molar-refractivity contribution in [3.8, 4) is 23.0 Å². The lowest BCUT2D eigenvalue weighted by atomic mass is 10.1. The molecule has 0 fully saturated rings. The number of hydrogen-bond acceptors (Lipinski definition) is 5. The summed E-state index contributed by atoms with van der Waals surface area (Å²) in [6.45, 7) is 7.57. The number of anilines is 2. The topological polar surface area (TPSA) is 85.9 Å². The van der Waals surface area contributed by atoms with Gasteiger partial charge >= 0.3 is 0 Å². The first-order valence-corrected chi connectivity index (χ1v) is 14.4. The summed E-state index contributed by atoms with van der Waals surface area (Å²) in [5.74, 6) is 2.10. The molecule has 41 heavy (non-hydrogen) atoms. The van der Waals surface area contributed by atoms with Crippen molar-refractivity contribution in [1.29, 1.82) is 0 Å². The Labute approximate surface area is 256 Å². The van der Waals surface area contributed by atoms with E-state index in [1.165, 1.54) is 0 Å². The van der Waals surface area contributed by atoms with E-state index in [0.717, 1.165) is 31.2 Å². The number of carbonyl (C=O) groups is 2. The normalized spacial score (nSPS) is 10.6. The van der Waals surface area contributed by atoms with Gasteiger partial charge in [-0.2, -0.15) is 0 Å². The number of carbonyl (C=O) groups excluding carboxylic acids is 2. The molecule has 0 saturated heterocycles. The fourth-order valence-corrected chi connectivity index (χ4v) is 5.64. The van der Waals surface area contributed by atoms with Crippen molar-refractivity contribution in [2.75, 3.05) is 23.8 Å². The third-order valence-electron chi connectivity index (χ3n) is 6.06. The Morgan fingerprint density at radius 2 is 0.902 bits per heavy atom. The average molecular weight is 682 g/mol. The van der Waals surface area contributed by atoms with Crippen molar-refractivity contribution < 1.29 is 23.8 Å². The van der Waals surface area contributed by atoms with Crippen LogP contribution in [0.5, 0.6) is 23.0 Å². The molecule has 0 radical (unpaired) electrons. The molecule has 0 atom stereocenters. The smallest absolute Gasteiger partial charge is 0.262 e. The van der Waals surface area contributed by atoms with Crippen LogP contribution in [-0.4, -0.2) is 25.0 Å². The quantitative estimate of drug-likeness (QED) is 0.176. The minimum absolute atomic E-state index is 0.0971. The molecule has 212 valence electrons. The van der Waals surface area contributed by atoms with Crippen molar-refractivity contribution in [3.63, 3.8) is 0 Å². The van der Waals surface area contributed by atoms with Gasteiger partial charge in [0.1, 0.15) is 23.0 Å². The van der Waals surface area contributed by atoms with E-state index in [2.05, 4.69) is 42.5 Å². The number of ether oxygens (including phenoxy) is 3. The van der Waals surface area contributed by atoms with Gasteiger partial charge in [0, 0.05) is 20.3 Å². The fraction of sp³-hybridized carbons (Fsp3) is 0.188. The molecule has 0 saturated carbocycles. The van der Waals surface area contributed by atoms with Crippen LogP contribution in [0.3, 0.4) is 0 Å². The molecule has 0 spiro atoms. The minimum Gasteiger partial charge on any atom is -0.483 e. The van der Waals surface area contributed by atoms with Gasteiger partial charge < -0.3 is 24.8 Å². The van der Waals surface area contributed by atoms with Gasteiger partial charge in [0.15, 0.2) is 13.2 Å². The van der Waals surface area contributed by atoms with Crippen molar-refractivity contribution in [1.82, 2.24) is 0 Å². The lowest BCUT2D eigenvalue weighted by Crippen LogP contribution is -2.20. The molecule has 0 aliphatic rings. The van der Waals surface area contributed by atoms with Crippen molar-refractivity contribution in [2.24, 2.45) is 0 Å². The van der Waals surface area contributed by atoms with E-state index in [-0.39, 0.29) is 25.0 Å². The summed E-state index contributed by atoms with van der Waals surface area (Å²) in [7, 11) is 0. The van der Waals surface area contributed by atoms with Crippen LogP contribution in [0.4, 0.5) is 11.4 Å². The van der Waals surface area contributed by atoms with E-state index in [9.17, 15) is 9.59 Å². The summed E-state index contributed by atoms with van der Waals surface area (Å²) in [6.07, 6.45) is 0. The zero-order valence-electron chi connectivity index (χ0n) is 23.1. The van der Waals surface area contributed by atoms with Gasteiger partial charge in [0.25, 0.3) is 11.8 Å². The summed E-state index contributed by atoms with van der Waals surface area (Å²) in [5, 5.41) is 5.65. The van der Waals surface area contributed by atoms with E-state index >= 15 is 0 Å². The molecule has 0 aliphatic carbocycles. The average Bonchev–Trinajstić information content (AvgIpc) is 2.89. The van der Waals surface area contributed by atoms with Gasteiger partial charge in [-0.1, -0.05) is 31.9 Å². The number of benzene rings is 4. The number of aryl methyl sites for hydroxylation is 4. The number of nitrogens with one attached hydrogen (secondary N) is 2. The van der Waals surface area contributed by atoms with Crippen LogP contribution in [0, 0.1) is 27.7 Å². The molecule has 4 rings (SSSR count). The molecule has 9 heteroatoms. The van der Waals surface area contributed by atoms with Crippen molar-refractivity contribution in [3.05, 3.63) is 104 Å². The first-order valence-electron chi connectivity index (χ1n) is 12.8.